The molecule has 0 saturated heterocycles. The first kappa shape index (κ1) is 20.9. The lowest BCUT2D eigenvalue weighted by atomic mass is 10.1. The summed E-state index contributed by atoms with van der Waals surface area (Å²) in [6.07, 6.45) is 0. The van der Waals surface area contributed by atoms with Crippen molar-refractivity contribution < 1.29 is 13.2 Å². The first-order valence-corrected chi connectivity index (χ1v) is 10.8. The summed E-state index contributed by atoms with van der Waals surface area (Å²) in [5.41, 5.74) is 3.61. The number of sulfonamides is 1. The van der Waals surface area contributed by atoms with Crippen molar-refractivity contribution in [3.63, 3.8) is 0 Å². The van der Waals surface area contributed by atoms with Gasteiger partial charge in [0, 0.05) is 17.8 Å². The van der Waals surface area contributed by atoms with E-state index in [1.807, 2.05) is 44.2 Å². The number of benzene rings is 3. The lowest BCUT2D eigenvalue weighted by Gasteiger charge is -2.12. The molecule has 0 unspecified atom stereocenters. The van der Waals surface area contributed by atoms with E-state index in [1.165, 1.54) is 18.2 Å². The van der Waals surface area contributed by atoms with Crippen LogP contribution in [0.5, 0.6) is 0 Å². The maximum atomic E-state index is 12.8. The second-order valence-corrected chi connectivity index (χ2v) is 8.79. The van der Waals surface area contributed by atoms with E-state index in [4.69, 9.17) is 11.6 Å². The van der Waals surface area contributed by atoms with Crippen LogP contribution < -0.4 is 10.0 Å². The number of aryl methyl sites for hydroxylation is 2. The molecule has 0 aliphatic carbocycles. The van der Waals surface area contributed by atoms with E-state index >= 15 is 0 Å². The fourth-order valence-corrected chi connectivity index (χ4v) is 4.43. The summed E-state index contributed by atoms with van der Waals surface area (Å²) < 4.78 is 28.1. The molecular weight excluding hydrogens is 408 g/mol. The third kappa shape index (κ3) is 5.16. The number of carbonyl (C=O) groups excluding carboxylic acids is 1. The number of anilines is 1. The molecule has 0 aromatic heterocycles. The van der Waals surface area contributed by atoms with Gasteiger partial charge >= 0.3 is 0 Å². The second kappa shape index (κ2) is 8.68. The molecule has 0 bridgehead atoms. The quantitative estimate of drug-likeness (QED) is 0.598. The van der Waals surface area contributed by atoms with Crippen molar-refractivity contribution in [2.45, 2.75) is 25.3 Å². The lowest BCUT2D eigenvalue weighted by molar-refractivity contribution is 0.0950. The molecule has 0 atom stereocenters. The highest BCUT2D eigenvalue weighted by atomic mass is 35.5. The third-order valence-electron chi connectivity index (χ3n) is 4.45. The van der Waals surface area contributed by atoms with Gasteiger partial charge in [-0.05, 0) is 60.9 Å². The summed E-state index contributed by atoms with van der Waals surface area (Å²) in [6.45, 7) is 4.17. The number of nitrogens with one attached hydrogen (secondary N) is 2. The highest BCUT2D eigenvalue weighted by molar-refractivity contribution is 7.92. The minimum atomic E-state index is -3.95. The molecule has 3 aromatic carbocycles. The molecular formula is C22H21ClN2O3S. The average molecular weight is 429 g/mol. The van der Waals surface area contributed by atoms with Crippen molar-refractivity contribution in [2.24, 2.45) is 0 Å². The molecule has 0 aliphatic heterocycles. The number of hydrogen-bond acceptors (Lipinski definition) is 3. The maximum absolute atomic E-state index is 12.8. The standard InChI is InChI=1S/C22H21ClN2O3S/c1-15-6-5-9-19(12-15)25-29(27,28)21-13-17(10-11-20(21)23)22(26)24-14-18-8-4-3-7-16(18)2/h3-13,25H,14H2,1-2H3,(H,24,26). The van der Waals surface area contributed by atoms with Gasteiger partial charge in [-0.3, -0.25) is 9.52 Å². The smallest absolute Gasteiger partial charge is 0.263 e. The van der Waals surface area contributed by atoms with Crippen molar-refractivity contribution in [1.29, 1.82) is 0 Å². The van der Waals surface area contributed by atoms with Gasteiger partial charge in [-0.15, -0.1) is 0 Å². The van der Waals surface area contributed by atoms with E-state index in [0.29, 0.717) is 12.2 Å². The van der Waals surface area contributed by atoms with Crippen molar-refractivity contribution in [1.82, 2.24) is 5.32 Å². The fourth-order valence-electron chi connectivity index (χ4n) is 2.86. The number of hydrogen-bond donors (Lipinski definition) is 2. The number of halogens is 1. The Kier molecular flexibility index (Phi) is 6.25. The average Bonchev–Trinajstić information content (AvgIpc) is 2.67. The number of rotatable bonds is 6. The monoisotopic (exact) mass is 428 g/mol. The van der Waals surface area contributed by atoms with Gasteiger partial charge in [-0.25, -0.2) is 8.42 Å². The number of amides is 1. The Morgan fingerprint density at radius 3 is 2.45 bits per heavy atom. The molecule has 0 aliphatic rings. The fraction of sp³-hybridized carbons (Fsp3) is 0.136. The lowest BCUT2D eigenvalue weighted by Crippen LogP contribution is -2.24. The van der Waals surface area contributed by atoms with Gasteiger partial charge in [-0.2, -0.15) is 0 Å². The molecule has 29 heavy (non-hydrogen) atoms. The minimum absolute atomic E-state index is 0.0422. The van der Waals surface area contributed by atoms with Gasteiger partial charge in [0.1, 0.15) is 4.90 Å². The summed E-state index contributed by atoms with van der Waals surface area (Å²) in [5.74, 6) is -0.378. The third-order valence-corrected chi connectivity index (χ3v) is 6.32. The second-order valence-electron chi connectivity index (χ2n) is 6.73. The molecule has 2 N–H and O–H groups in total. The molecule has 0 spiro atoms. The van der Waals surface area contributed by atoms with Gasteiger partial charge in [0.2, 0.25) is 0 Å². The first-order valence-electron chi connectivity index (χ1n) is 8.98. The SMILES string of the molecule is Cc1cccc(NS(=O)(=O)c2cc(C(=O)NCc3ccccc3C)ccc2Cl)c1. The zero-order chi connectivity index (χ0) is 21.0. The molecule has 3 aromatic rings. The zero-order valence-electron chi connectivity index (χ0n) is 16.1. The van der Waals surface area contributed by atoms with Crippen LogP contribution in [0.3, 0.4) is 0 Å². The van der Waals surface area contributed by atoms with Crippen molar-refractivity contribution in [2.75, 3.05) is 4.72 Å². The molecule has 1 amide bonds. The molecule has 5 nitrogen and oxygen atoms in total. The Hall–Kier alpha value is -2.83. The van der Waals surface area contributed by atoms with Gasteiger partial charge in [0.25, 0.3) is 15.9 Å². The van der Waals surface area contributed by atoms with Crippen molar-refractivity contribution >= 4 is 33.2 Å². The predicted molar refractivity (Wildman–Crippen MR) is 116 cm³/mol. The Morgan fingerprint density at radius 1 is 0.966 bits per heavy atom. The number of carbonyl (C=O) groups is 1. The van der Waals surface area contributed by atoms with E-state index in [-0.39, 0.29) is 21.4 Å². The van der Waals surface area contributed by atoms with E-state index in [1.54, 1.807) is 18.2 Å². The van der Waals surface area contributed by atoms with Gasteiger partial charge < -0.3 is 5.32 Å². The van der Waals surface area contributed by atoms with Crippen LogP contribution in [0.25, 0.3) is 0 Å². The Balaban J connectivity index is 1.81. The highest BCUT2D eigenvalue weighted by Gasteiger charge is 2.20. The van der Waals surface area contributed by atoms with Crippen LogP contribution in [0.1, 0.15) is 27.0 Å². The molecule has 0 fully saturated rings. The normalized spacial score (nSPS) is 11.1. The summed E-state index contributed by atoms with van der Waals surface area (Å²) in [7, 11) is -3.95. The molecule has 0 heterocycles. The van der Waals surface area contributed by atoms with Crippen LogP contribution in [0.2, 0.25) is 5.02 Å². The Labute approximate surface area is 175 Å². The first-order chi connectivity index (χ1) is 13.8. The minimum Gasteiger partial charge on any atom is -0.348 e. The van der Waals surface area contributed by atoms with Gasteiger partial charge in [0.15, 0.2) is 0 Å². The van der Waals surface area contributed by atoms with Crippen LogP contribution in [0, 0.1) is 13.8 Å². The van der Waals surface area contributed by atoms with Gasteiger partial charge in [-0.1, -0.05) is 48.0 Å². The molecule has 150 valence electrons. The molecule has 0 radical (unpaired) electrons. The predicted octanol–water partition coefficient (Wildman–Crippen LogP) is 4.69. The summed E-state index contributed by atoms with van der Waals surface area (Å²) in [4.78, 5) is 12.4. The van der Waals surface area contributed by atoms with E-state index in [9.17, 15) is 13.2 Å². The highest BCUT2D eigenvalue weighted by Crippen LogP contribution is 2.25. The zero-order valence-corrected chi connectivity index (χ0v) is 17.6. The van der Waals surface area contributed by atoms with Crippen LogP contribution in [0.4, 0.5) is 5.69 Å². The van der Waals surface area contributed by atoms with Crippen LogP contribution in [0.15, 0.2) is 71.6 Å². The Morgan fingerprint density at radius 2 is 1.72 bits per heavy atom. The maximum Gasteiger partial charge on any atom is 0.263 e. The largest absolute Gasteiger partial charge is 0.348 e. The van der Waals surface area contributed by atoms with Crippen LogP contribution in [-0.2, 0) is 16.6 Å². The Bertz CT molecular complexity index is 1160. The summed E-state index contributed by atoms with van der Waals surface area (Å²) >= 11 is 6.13. The van der Waals surface area contributed by atoms with E-state index in [2.05, 4.69) is 10.0 Å². The van der Waals surface area contributed by atoms with E-state index in [0.717, 1.165) is 16.7 Å². The van der Waals surface area contributed by atoms with Gasteiger partial charge in [0.05, 0.1) is 5.02 Å². The van der Waals surface area contributed by atoms with Crippen molar-refractivity contribution in [3.8, 4) is 0 Å². The summed E-state index contributed by atoms with van der Waals surface area (Å²) in [6, 6.07) is 18.9. The van der Waals surface area contributed by atoms with E-state index < -0.39 is 10.0 Å². The summed E-state index contributed by atoms with van der Waals surface area (Å²) in [5, 5.41) is 2.86. The topological polar surface area (TPSA) is 75.3 Å². The van der Waals surface area contributed by atoms with Crippen LogP contribution in [-0.4, -0.2) is 14.3 Å². The van der Waals surface area contributed by atoms with Crippen LogP contribution >= 0.6 is 11.6 Å². The molecule has 3 rings (SSSR count). The molecule has 7 heteroatoms. The molecule has 0 saturated carbocycles. The van der Waals surface area contributed by atoms with Crippen molar-refractivity contribution in [3.05, 3.63) is 94.0 Å².